The summed E-state index contributed by atoms with van der Waals surface area (Å²) in [7, 11) is 1.90. The van der Waals surface area contributed by atoms with Gasteiger partial charge in [0.2, 0.25) is 0 Å². The third kappa shape index (κ3) is 3.25. The van der Waals surface area contributed by atoms with Crippen molar-refractivity contribution in [2.24, 2.45) is 0 Å². The van der Waals surface area contributed by atoms with E-state index in [0.717, 1.165) is 22.4 Å². The second-order valence-electron chi connectivity index (χ2n) is 4.97. The van der Waals surface area contributed by atoms with Gasteiger partial charge in [0.25, 0.3) is 0 Å². The second kappa shape index (κ2) is 6.46. The molecule has 1 unspecified atom stereocenters. The zero-order chi connectivity index (χ0) is 14.7. The fraction of sp³-hybridized carbons (Fsp3) is 0.312. The molecule has 1 aromatic heterocycles. The first kappa shape index (κ1) is 15.1. The Morgan fingerprint density at radius 1 is 1.35 bits per heavy atom. The normalized spacial score (nSPS) is 12.4. The Kier molecular flexibility index (Phi) is 4.89. The summed E-state index contributed by atoms with van der Waals surface area (Å²) in [5, 5.41) is 3.27. The Hall–Kier alpha value is -1.26. The van der Waals surface area contributed by atoms with E-state index in [1.54, 1.807) is 6.07 Å². The number of nitrogens with one attached hydrogen (secondary N) is 1. The molecule has 0 saturated heterocycles. The van der Waals surface area contributed by atoms with Crippen LogP contribution in [0.1, 0.15) is 28.4 Å². The summed E-state index contributed by atoms with van der Waals surface area (Å²) in [5.74, 6) is -0.231. The number of rotatable bonds is 4. The van der Waals surface area contributed by atoms with Gasteiger partial charge in [-0.2, -0.15) is 0 Å². The highest BCUT2D eigenvalue weighted by molar-refractivity contribution is 9.10. The fourth-order valence-corrected chi connectivity index (χ4v) is 2.78. The quantitative estimate of drug-likeness (QED) is 0.908. The Labute approximate surface area is 127 Å². The molecule has 0 amide bonds. The van der Waals surface area contributed by atoms with Crippen molar-refractivity contribution in [1.29, 1.82) is 0 Å². The molecule has 0 bridgehead atoms. The van der Waals surface area contributed by atoms with Crippen LogP contribution in [-0.2, 0) is 6.42 Å². The van der Waals surface area contributed by atoms with E-state index in [1.807, 2.05) is 26.2 Å². The van der Waals surface area contributed by atoms with Gasteiger partial charge >= 0.3 is 0 Å². The van der Waals surface area contributed by atoms with Crippen molar-refractivity contribution in [1.82, 2.24) is 10.3 Å². The zero-order valence-corrected chi connectivity index (χ0v) is 13.5. The number of aryl methyl sites for hydroxylation is 2. The molecule has 0 radical (unpaired) electrons. The molecule has 1 N–H and O–H groups in total. The highest BCUT2D eigenvalue weighted by atomic mass is 79.9. The van der Waals surface area contributed by atoms with Crippen molar-refractivity contribution in [2.75, 3.05) is 7.05 Å². The Morgan fingerprint density at radius 2 is 2.10 bits per heavy atom. The molecular weight excluding hydrogens is 319 g/mol. The smallest absolute Gasteiger partial charge is 0.137 e. The largest absolute Gasteiger partial charge is 0.311 e. The molecule has 2 aromatic rings. The minimum Gasteiger partial charge on any atom is -0.311 e. The van der Waals surface area contributed by atoms with Crippen LogP contribution >= 0.6 is 15.9 Å². The minimum atomic E-state index is -0.231. The summed E-state index contributed by atoms with van der Waals surface area (Å²) in [4.78, 5) is 4.53. The van der Waals surface area contributed by atoms with E-state index in [4.69, 9.17) is 0 Å². The maximum Gasteiger partial charge on any atom is 0.137 e. The van der Waals surface area contributed by atoms with E-state index in [0.29, 0.717) is 10.9 Å². The van der Waals surface area contributed by atoms with Crippen LogP contribution < -0.4 is 5.32 Å². The second-order valence-corrected chi connectivity index (χ2v) is 5.77. The molecule has 1 atom stereocenters. The van der Waals surface area contributed by atoms with Gasteiger partial charge in [0.15, 0.2) is 0 Å². The molecule has 4 heteroatoms. The molecule has 2 nitrogen and oxygen atoms in total. The molecule has 20 heavy (non-hydrogen) atoms. The van der Waals surface area contributed by atoms with Crippen molar-refractivity contribution in [3.63, 3.8) is 0 Å². The summed E-state index contributed by atoms with van der Waals surface area (Å²) in [6, 6.07) is 7.30. The van der Waals surface area contributed by atoms with Crippen LogP contribution in [0.4, 0.5) is 4.39 Å². The van der Waals surface area contributed by atoms with Gasteiger partial charge in [-0.25, -0.2) is 4.39 Å². The van der Waals surface area contributed by atoms with E-state index in [1.165, 1.54) is 6.07 Å². The first-order valence-electron chi connectivity index (χ1n) is 6.56. The van der Waals surface area contributed by atoms with Crippen LogP contribution in [0.25, 0.3) is 0 Å². The number of aromatic nitrogens is 1. The Morgan fingerprint density at radius 3 is 2.75 bits per heavy atom. The Bertz CT molecular complexity index is 613. The maximum absolute atomic E-state index is 13.6. The van der Waals surface area contributed by atoms with Gasteiger partial charge in [-0.1, -0.05) is 18.2 Å². The molecule has 0 saturated carbocycles. The van der Waals surface area contributed by atoms with E-state index >= 15 is 0 Å². The molecule has 1 aromatic carbocycles. The van der Waals surface area contributed by atoms with Crippen molar-refractivity contribution in [2.45, 2.75) is 26.3 Å². The highest BCUT2D eigenvalue weighted by Crippen LogP contribution is 2.26. The molecule has 0 aliphatic carbocycles. The molecular formula is C16H18BrFN2. The maximum atomic E-state index is 13.6. The lowest BCUT2D eigenvalue weighted by Gasteiger charge is -2.19. The zero-order valence-electron chi connectivity index (χ0n) is 11.9. The van der Waals surface area contributed by atoms with Crippen molar-refractivity contribution in [3.05, 3.63) is 63.1 Å². The average molecular weight is 337 g/mol. The van der Waals surface area contributed by atoms with Crippen molar-refractivity contribution in [3.8, 4) is 0 Å². The molecule has 1 heterocycles. The van der Waals surface area contributed by atoms with Crippen LogP contribution in [-0.4, -0.2) is 12.0 Å². The lowest BCUT2D eigenvalue weighted by Crippen LogP contribution is -2.21. The van der Waals surface area contributed by atoms with Crippen LogP contribution in [0.3, 0.4) is 0 Å². The summed E-state index contributed by atoms with van der Waals surface area (Å²) < 4.78 is 14.1. The first-order chi connectivity index (χ1) is 9.52. The van der Waals surface area contributed by atoms with E-state index in [9.17, 15) is 4.39 Å². The molecule has 106 valence electrons. The standard InChI is InChI=1S/C16H18BrFN2/c1-10-7-11(2)16(20-9-10)14(19-3)8-12-5-4-6-13(18)15(12)17/h4-7,9,14,19H,8H2,1-3H3. The fourth-order valence-electron chi connectivity index (χ4n) is 2.35. The van der Waals surface area contributed by atoms with E-state index in [2.05, 4.69) is 39.2 Å². The van der Waals surface area contributed by atoms with Crippen molar-refractivity contribution < 1.29 is 4.39 Å². The van der Waals surface area contributed by atoms with Crippen LogP contribution in [0.15, 0.2) is 34.9 Å². The molecule has 0 aliphatic heterocycles. The number of hydrogen-bond acceptors (Lipinski definition) is 2. The minimum absolute atomic E-state index is 0.0636. The SMILES string of the molecule is CNC(Cc1cccc(F)c1Br)c1ncc(C)cc1C. The van der Waals surface area contributed by atoms with Gasteiger partial charge in [-0.15, -0.1) is 0 Å². The third-order valence-electron chi connectivity index (χ3n) is 3.39. The average Bonchev–Trinajstić information content (AvgIpc) is 2.41. The number of nitrogens with zero attached hydrogens (tertiary/aromatic N) is 1. The third-order valence-corrected chi connectivity index (χ3v) is 4.28. The highest BCUT2D eigenvalue weighted by Gasteiger charge is 2.16. The lowest BCUT2D eigenvalue weighted by atomic mass is 9.99. The first-order valence-corrected chi connectivity index (χ1v) is 7.35. The summed E-state index contributed by atoms with van der Waals surface area (Å²) in [5.41, 5.74) is 4.24. The van der Waals surface area contributed by atoms with E-state index in [-0.39, 0.29) is 11.9 Å². The molecule has 0 aliphatic rings. The number of benzene rings is 1. The van der Waals surface area contributed by atoms with Crippen LogP contribution in [0.5, 0.6) is 0 Å². The molecule has 0 fully saturated rings. The monoisotopic (exact) mass is 336 g/mol. The molecule has 2 rings (SSSR count). The van der Waals surface area contributed by atoms with Gasteiger partial charge in [0, 0.05) is 6.20 Å². The summed E-state index contributed by atoms with van der Waals surface area (Å²) in [6.45, 7) is 4.08. The van der Waals surface area contributed by atoms with Crippen LogP contribution in [0.2, 0.25) is 0 Å². The van der Waals surface area contributed by atoms with Gasteiger partial charge in [-0.05, 0) is 66.0 Å². The van der Waals surface area contributed by atoms with Gasteiger partial charge in [0.1, 0.15) is 5.82 Å². The predicted octanol–water partition coefficient (Wildman–Crippen LogP) is 4.10. The number of hydrogen-bond donors (Lipinski definition) is 1. The van der Waals surface area contributed by atoms with Gasteiger partial charge in [-0.3, -0.25) is 4.98 Å². The predicted molar refractivity (Wildman–Crippen MR) is 83.3 cm³/mol. The van der Waals surface area contributed by atoms with E-state index < -0.39 is 0 Å². The topological polar surface area (TPSA) is 24.9 Å². The molecule has 0 spiro atoms. The summed E-state index contributed by atoms with van der Waals surface area (Å²) in [6.07, 6.45) is 2.55. The number of halogens is 2. The van der Waals surface area contributed by atoms with Gasteiger partial charge in [0.05, 0.1) is 16.2 Å². The van der Waals surface area contributed by atoms with Crippen molar-refractivity contribution >= 4 is 15.9 Å². The summed E-state index contributed by atoms with van der Waals surface area (Å²) >= 11 is 3.32. The van der Waals surface area contributed by atoms with Crippen LogP contribution in [0, 0.1) is 19.7 Å². The number of pyridine rings is 1. The van der Waals surface area contributed by atoms with Gasteiger partial charge < -0.3 is 5.32 Å². The number of likely N-dealkylation sites (N-methyl/N-ethyl adjacent to an activating group) is 1. The Balaban J connectivity index is 2.31. The lowest BCUT2D eigenvalue weighted by molar-refractivity contribution is 0.564.